The van der Waals surface area contributed by atoms with Crippen LogP contribution in [0.1, 0.15) is 13.8 Å². The normalized spacial score (nSPS) is 19.1. The van der Waals surface area contributed by atoms with Crippen molar-refractivity contribution in [3.05, 3.63) is 29.3 Å². The number of rotatable bonds is 1. The molecule has 2 nitrogen and oxygen atoms in total. The van der Waals surface area contributed by atoms with Crippen LogP contribution in [-0.2, 0) is 0 Å². The first-order valence-corrected chi connectivity index (χ1v) is 5.70. The second kappa shape index (κ2) is 5.26. The van der Waals surface area contributed by atoms with E-state index in [4.69, 9.17) is 11.6 Å². The van der Waals surface area contributed by atoms with Crippen molar-refractivity contribution < 1.29 is 0 Å². The Morgan fingerprint density at radius 1 is 1.25 bits per heavy atom. The van der Waals surface area contributed by atoms with Gasteiger partial charge in [0.05, 0.1) is 0 Å². The molecule has 1 fully saturated rings. The fourth-order valence-electron chi connectivity index (χ4n) is 2.01. The number of piperazine rings is 1. The smallest absolute Gasteiger partial charge is 0.0407 e. The molecule has 0 bridgehead atoms. The lowest BCUT2D eigenvalue weighted by atomic mass is 10.0. The SMILES string of the molecule is CC1(C)CN(c2ccc(Cl)cc2)CCN1.Cl. The quantitative estimate of drug-likeness (QED) is 0.836. The molecule has 0 spiro atoms. The third kappa shape index (κ3) is 3.27. The summed E-state index contributed by atoms with van der Waals surface area (Å²) in [6.45, 7) is 7.60. The second-order valence-corrected chi connectivity index (χ2v) is 5.15. The van der Waals surface area contributed by atoms with Gasteiger partial charge in [0.15, 0.2) is 0 Å². The second-order valence-electron chi connectivity index (χ2n) is 4.71. The van der Waals surface area contributed by atoms with Crippen LogP contribution in [0.2, 0.25) is 5.02 Å². The van der Waals surface area contributed by atoms with E-state index in [0.717, 1.165) is 24.7 Å². The molecule has 1 N–H and O–H groups in total. The molecule has 1 saturated heterocycles. The summed E-state index contributed by atoms with van der Waals surface area (Å²) in [5, 5.41) is 4.30. The number of nitrogens with one attached hydrogen (secondary N) is 1. The summed E-state index contributed by atoms with van der Waals surface area (Å²) in [6, 6.07) is 8.07. The topological polar surface area (TPSA) is 15.3 Å². The van der Waals surface area contributed by atoms with Gasteiger partial charge in [-0.15, -0.1) is 12.4 Å². The Morgan fingerprint density at radius 2 is 1.88 bits per heavy atom. The summed E-state index contributed by atoms with van der Waals surface area (Å²) >= 11 is 5.88. The van der Waals surface area contributed by atoms with Crippen LogP contribution < -0.4 is 10.2 Å². The third-order valence-electron chi connectivity index (χ3n) is 2.76. The van der Waals surface area contributed by atoms with Crippen LogP contribution in [0, 0.1) is 0 Å². The Balaban J connectivity index is 0.00000128. The number of benzene rings is 1. The number of nitrogens with zero attached hydrogens (tertiary/aromatic N) is 1. The molecule has 1 aromatic carbocycles. The average molecular weight is 261 g/mol. The minimum Gasteiger partial charge on any atom is -0.368 e. The monoisotopic (exact) mass is 260 g/mol. The van der Waals surface area contributed by atoms with Crippen molar-refractivity contribution in [2.45, 2.75) is 19.4 Å². The Morgan fingerprint density at radius 3 is 2.44 bits per heavy atom. The zero-order valence-corrected chi connectivity index (χ0v) is 11.2. The fourth-order valence-corrected chi connectivity index (χ4v) is 2.14. The number of halogens is 2. The summed E-state index contributed by atoms with van der Waals surface area (Å²) < 4.78 is 0. The fraction of sp³-hybridized carbons (Fsp3) is 0.500. The van der Waals surface area contributed by atoms with Crippen LogP contribution >= 0.6 is 24.0 Å². The molecule has 0 saturated carbocycles. The van der Waals surface area contributed by atoms with E-state index < -0.39 is 0 Å². The minimum atomic E-state index is 0. The summed E-state index contributed by atoms with van der Waals surface area (Å²) in [5.74, 6) is 0. The summed E-state index contributed by atoms with van der Waals surface area (Å²) in [6.07, 6.45) is 0. The first-order chi connectivity index (χ1) is 7.07. The number of hydrogen-bond acceptors (Lipinski definition) is 2. The minimum absolute atomic E-state index is 0. The molecular weight excluding hydrogens is 243 g/mol. The first-order valence-electron chi connectivity index (χ1n) is 5.32. The lowest BCUT2D eigenvalue weighted by Gasteiger charge is -2.40. The molecule has 4 heteroatoms. The highest BCUT2D eigenvalue weighted by molar-refractivity contribution is 6.30. The number of anilines is 1. The standard InChI is InChI=1S/C12H17ClN2.ClH/c1-12(2)9-15(8-7-14-12)11-5-3-10(13)4-6-11;/h3-6,14H,7-9H2,1-2H3;1H. The van der Waals surface area contributed by atoms with Crippen molar-refractivity contribution in [1.82, 2.24) is 5.32 Å². The van der Waals surface area contributed by atoms with Gasteiger partial charge in [0, 0.05) is 35.9 Å². The van der Waals surface area contributed by atoms with Gasteiger partial charge in [0.25, 0.3) is 0 Å². The van der Waals surface area contributed by atoms with Crippen LogP contribution in [0.15, 0.2) is 24.3 Å². The molecule has 0 amide bonds. The van der Waals surface area contributed by atoms with Crippen LogP contribution in [0.4, 0.5) is 5.69 Å². The van der Waals surface area contributed by atoms with Crippen LogP contribution in [0.3, 0.4) is 0 Å². The Kier molecular flexibility index (Phi) is 4.48. The summed E-state index contributed by atoms with van der Waals surface area (Å²) in [4.78, 5) is 2.40. The Labute approximate surface area is 108 Å². The molecule has 1 heterocycles. The Hall–Kier alpha value is -0.440. The van der Waals surface area contributed by atoms with Gasteiger partial charge in [-0.25, -0.2) is 0 Å². The predicted molar refractivity (Wildman–Crippen MR) is 73.0 cm³/mol. The molecule has 1 aliphatic rings. The van der Waals surface area contributed by atoms with Crippen molar-refractivity contribution in [2.24, 2.45) is 0 Å². The van der Waals surface area contributed by atoms with Gasteiger partial charge in [-0.1, -0.05) is 11.6 Å². The largest absolute Gasteiger partial charge is 0.368 e. The molecule has 2 rings (SSSR count). The van der Waals surface area contributed by atoms with Crippen molar-refractivity contribution >= 4 is 29.7 Å². The van der Waals surface area contributed by atoms with Gasteiger partial charge >= 0.3 is 0 Å². The molecule has 90 valence electrons. The molecular formula is C12H18Cl2N2. The van der Waals surface area contributed by atoms with E-state index in [9.17, 15) is 0 Å². The maximum Gasteiger partial charge on any atom is 0.0407 e. The van der Waals surface area contributed by atoms with Gasteiger partial charge < -0.3 is 10.2 Å². The van der Waals surface area contributed by atoms with Crippen molar-refractivity contribution in [3.63, 3.8) is 0 Å². The van der Waals surface area contributed by atoms with Gasteiger partial charge in [-0.3, -0.25) is 0 Å². The zero-order valence-electron chi connectivity index (χ0n) is 9.66. The van der Waals surface area contributed by atoms with E-state index in [-0.39, 0.29) is 17.9 Å². The molecule has 0 radical (unpaired) electrons. The Bertz CT molecular complexity index is 335. The molecule has 0 unspecified atom stereocenters. The van der Waals surface area contributed by atoms with Gasteiger partial charge in [0.2, 0.25) is 0 Å². The average Bonchev–Trinajstić information content (AvgIpc) is 2.17. The van der Waals surface area contributed by atoms with Crippen molar-refractivity contribution in [3.8, 4) is 0 Å². The zero-order chi connectivity index (χ0) is 10.9. The van der Waals surface area contributed by atoms with Crippen LogP contribution in [0.25, 0.3) is 0 Å². The molecule has 1 aliphatic heterocycles. The van der Waals surface area contributed by atoms with Gasteiger partial charge in [-0.05, 0) is 38.1 Å². The van der Waals surface area contributed by atoms with Gasteiger partial charge in [0.1, 0.15) is 0 Å². The molecule has 16 heavy (non-hydrogen) atoms. The van der Waals surface area contributed by atoms with E-state index in [1.807, 2.05) is 12.1 Å². The first kappa shape index (κ1) is 13.6. The van der Waals surface area contributed by atoms with Crippen molar-refractivity contribution in [2.75, 3.05) is 24.5 Å². The lowest BCUT2D eigenvalue weighted by Crippen LogP contribution is -2.57. The van der Waals surface area contributed by atoms with Gasteiger partial charge in [-0.2, -0.15) is 0 Å². The summed E-state index contributed by atoms with van der Waals surface area (Å²) in [7, 11) is 0. The lowest BCUT2D eigenvalue weighted by molar-refractivity contribution is 0.353. The maximum absolute atomic E-state index is 5.88. The van der Waals surface area contributed by atoms with E-state index in [1.165, 1.54) is 5.69 Å². The highest BCUT2D eigenvalue weighted by atomic mass is 35.5. The maximum atomic E-state index is 5.88. The van der Waals surface area contributed by atoms with E-state index >= 15 is 0 Å². The van der Waals surface area contributed by atoms with E-state index in [0.29, 0.717) is 0 Å². The number of hydrogen-bond donors (Lipinski definition) is 1. The third-order valence-corrected chi connectivity index (χ3v) is 3.02. The highest BCUT2D eigenvalue weighted by Gasteiger charge is 2.25. The van der Waals surface area contributed by atoms with E-state index in [2.05, 4.69) is 36.2 Å². The van der Waals surface area contributed by atoms with Crippen LogP contribution in [-0.4, -0.2) is 25.2 Å². The van der Waals surface area contributed by atoms with Crippen LogP contribution in [0.5, 0.6) is 0 Å². The predicted octanol–water partition coefficient (Wildman–Crippen LogP) is 2.95. The molecule has 0 aliphatic carbocycles. The highest BCUT2D eigenvalue weighted by Crippen LogP contribution is 2.21. The summed E-state index contributed by atoms with van der Waals surface area (Å²) in [5.41, 5.74) is 1.45. The molecule has 0 aromatic heterocycles. The molecule has 0 atom stereocenters. The van der Waals surface area contributed by atoms with Crippen molar-refractivity contribution in [1.29, 1.82) is 0 Å². The molecule has 1 aromatic rings. The van der Waals surface area contributed by atoms with E-state index in [1.54, 1.807) is 0 Å².